The van der Waals surface area contributed by atoms with Crippen molar-refractivity contribution < 1.29 is 13.5 Å². The largest absolute Gasteiger partial charge is 0.379 e. The molecule has 0 aromatic heterocycles. The Hall–Kier alpha value is -1.04. The van der Waals surface area contributed by atoms with Crippen molar-refractivity contribution in [3.05, 3.63) is 34.9 Å². The number of rotatable bonds is 6. The summed E-state index contributed by atoms with van der Waals surface area (Å²) in [5, 5.41) is 3.11. The molecule has 1 heterocycles. The lowest BCUT2D eigenvalue weighted by molar-refractivity contribution is 0.0374. The van der Waals surface area contributed by atoms with Crippen molar-refractivity contribution >= 4 is 0 Å². The molecule has 1 saturated heterocycles. The molecule has 5 heteroatoms. The molecule has 0 aliphatic carbocycles. The van der Waals surface area contributed by atoms with Crippen molar-refractivity contribution in [3.8, 4) is 0 Å². The summed E-state index contributed by atoms with van der Waals surface area (Å²) >= 11 is 0. The Morgan fingerprint density at radius 2 is 2.00 bits per heavy atom. The highest BCUT2D eigenvalue weighted by molar-refractivity contribution is 5.26. The van der Waals surface area contributed by atoms with Gasteiger partial charge in [-0.25, -0.2) is 8.78 Å². The maximum atomic E-state index is 13.8. The van der Waals surface area contributed by atoms with Crippen molar-refractivity contribution in [2.24, 2.45) is 0 Å². The minimum Gasteiger partial charge on any atom is -0.379 e. The first kappa shape index (κ1) is 15.4. The van der Waals surface area contributed by atoms with E-state index in [-0.39, 0.29) is 12.1 Å². The van der Waals surface area contributed by atoms with E-state index in [4.69, 9.17) is 4.74 Å². The zero-order valence-electron chi connectivity index (χ0n) is 11.9. The average Bonchev–Trinajstić information content (AvgIpc) is 2.47. The number of morpholine rings is 1. The van der Waals surface area contributed by atoms with E-state index < -0.39 is 11.6 Å². The van der Waals surface area contributed by atoms with E-state index >= 15 is 0 Å². The van der Waals surface area contributed by atoms with Crippen molar-refractivity contribution in [3.63, 3.8) is 0 Å². The highest BCUT2D eigenvalue weighted by Crippen LogP contribution is 2.15. The number of nitrogens with zero attached hydrogens (tertiary/aromatic N) is 1. The second-order valence-electron chi connectivity index (χ2n) is 5.14. The molecular formula is C15H22F2N2O. The summed E-state index contributed by atoms with van der Waals surface area (Å²) < 4.78 is 32.6. The van der Waals surface area contributed by atoms with E-state index in [2.05, 4.69) is 10.2 Å². The summed E-state index contributed by atoms with van der Waals surface area (Å²) in [5.41, 5.74) is 0.618. The Kier molecular flexibility index (Phi) is 5.88. The standard InChI is InChI=1S/C15H22F2N2O/c1-12-3-4-14(16)13(15(12)17)11-18-5-2-6-19-7-9-20-10-8-19/h3-4,18H,2,5-11H2,1H3. The van der Waals surface area contributed by atoms with Gasteiger partial charge in [-0.3, -0.25) is 4.90 Å². The van der Waals surface area contributed by atoms with Gasteiger partial charge in [0.25, 0.3) is 0 Å². The van der Waals surface area contributed by atoms with Crippen LogP contribution in [0.4, 0.5) is 8.78 Å². The van der Waals surface area contributed by atoms with Crippen LogP contribution in [-0.4, -0.2) is 44.3 Å². The van der Waals surface area contributed by atoms with Gasteiger partial charge in [-0.05, 0) is 38.1 Å². The molecule has 112 valence electrons. The van der Waals surface area contributed by atoms with Crippen molar-refractivity contribution in [2.75, 3.05) is 39.4 Å². The maximum absolute atomic E-state index is 13.8. The van der Waals surface area contributed by atoms with Crippen LogP contribution in [0.25, 0.3) is 0 Å². The number of halogens is 2. The molecule has 3 nitrogen and oxygen atoms in total. The molecule has 0 amide bonds. The van der Waals surface area contributed by atoms with Crippen LogP contribution in [0, 0.1) is 18.6 Å². The van der Waals surface area contributed by atoms with Gasteiger partial charge in [0.15, 0.2) is 0 Å². The summed E-state index contributed by atoms with van der Waals surface area (Å²) in [6.07, 6.45) is 0.967. The van der Waals surface area contributed by atoms with Crippen LogP contribution >= 0.6 is 0 Å². The van der Waals surface area contributed by atoms with Gasteiger partial charge < -0.3 is 10.1 Å². The lowest BCUT2D eigenvalue weighted by Crippen LogP contribution is -2.37. The van der Waals surface area contributed by atoms with Gasteiger partial charge in [0.05, 0.1) is 13.2 Å². The minimum absolute atomic E-state index is 0.136. The molecule has 0 unspecified atom stereocenters. The fraction of sp³-hybridized carbons (Fsp3) is 0.600. The van der Waals surface area contributed by atoms with Crippen LogP contribution in [0.2, 0.25) is 0 Å². The zero-order chi connectivity index (χ0) is 14.4. The number of hydrogen-bond donors (Lipinski definition) is 1. The number of hydrogen-bond acceptors (Lipinski definition) is 3. The van der Waals surface area contributed by atoms with Crippen LogP contribution in [0.15, 0.2) is 12.1 Å². The van der Waals surface area contributed by atoms with Gasteiger partial charge in [-0.2, -0.15) is 0 Å². The summed E-state index contributed by atoms with van der Waals surface area (Å²) in [6, 6.07) is 2.79. The number of nitrogens with one attached hydrogen (secondary N) is 1. The van der Waals surface area contributed by atoms with Gasteiger partial charge in [-0.1, -0.05) is 6.07 Å². The molecule has 0 atom stereocenters. The summed E-state index contributed by atoms with van der Waals surface area (Å²) in [6.45, 7) is 7.18. The maximum Gasteiger partial charge on any atom is 0.133 e. The van der Waals surface area contributed by atoms with Crippen molar-refractivity contribution in [1.82, 2.24) is 10.2 Å². The highest BCUT2D eigenvalue weighted by atomic mass is 19.1. The van der Waals surface area contributed by atoms with Crippen LogP contribution in [0.1, 0.15) is 17.5 Å². The van der Waals surface area contributed by atoms with E-state index in [0.29, 0.717) is 5.56 Å². The number of ether oxygens (including phenoxy) is 1. The topological polar surface area (TPSA) is 24.5 Å². The third kappa shape index (κ3) is 4.23. The molecule has 1 aromatic carbocycles. The molecular weight excluding hydrogens is 262 g/mol. The van der Waals surface area contributed by atoms with E-state index in [1.165, 1.54) is 12.1 Å². The predicted octanol–water partition coefficient (Wildman–Crippen LogP) is 2.09. The molecule has 1 aliphatic heterocycles. The van der Waals surface area contributed by atoms with Gasteiger partial charge in [0.1, 0.15) is 11.6 Å². The zero-order valence-corrected chi connectivity index (χ0v) is 11.9. The molecule has 1 aliphatic rings. The van der Waals surface area contributed by atoms with Gasteiger partial charge >= 0.3 is 0 Å². The lowest BCUT2D eigenvalue weighted by Gasteiger charge is -2.26. The molecule has 1 aromatic rings. The summed E-state index contributed by atoms with van der Waals surface area (Å²) in [7, 11) is 0. The molecule has 0 spiro atoms. The Balaban J connectivity index is 1.69. The third-order valence-electron chi connectivity index (χ3n) is 3.61. The van der Waals surface area contributed by atoms with Crippen LogP contribution < -0.4 is 5.32 Å². The lowest BCUT2D eigenvalue weighted by atomic mass is 10.1. The first-order valence-corrected chi connectivity index (χ1v) is 7.13. The first-order chi connectivity index (χ1) is 9.68. The average molecular weight is 284 g/mol. The highest BCUT2D eigenvalue weighted by Gasteiger charge is 2.11. The van der Waals surface area contributed by atoms with E-state index in [1.54, 1.807) is 6.92 Å². The van der Waals surface area contributed by atoms with Gasteiger partial charge in [-0.15, -0.1) is 0 Å². The Morgan fingerprint density at radius 3 is 2.75 bits per heavy atom. The van der Waals surface area contributed by atoms with Crippen LogP contribution in [-0.2, 0) is 11.3 Å². The van der Waals surface area contributed by atoms with Gasteiger partial charge in [0.2, 0.25) is 0 Å². The Morgan fingerprint density at radius 1 is 1.25 bits per heavy atom. The molecule has 0 radical (unpaired) electrons. The Bertz CT molecular complexity index is 434. The minimum atomic E-state index is -0.478. The number of aryl methyl sites for hydroxylation is 1. The quantitative estimate of drug-likeness (QED) is 0.810. The van der Waals surface area contributed by atoms with Crippen molar-refractivity contribution in [2.45, 2.75) is 19.9 Å². The summed E-state index contributed by atoms with van der Waals surface area (Å²) in [5.74, 6) is -0.917. The van der Waals surface area contributed by atoms with Crippen LogP contribution in [0.3, 0.4) is 0 Å². The summed E-state index contributed by atoms with van der Waals surface area (Å²) in [4.78, 5) is 2.35. The van der Waals surface area contributed by atoms with Crippen molar-refractivity contribution in [1.29, 1.82) is 0 Å². The molecule has 20 heavy (non-hydrogen) atoms. The molecule has 0 bridgehead atoms. The fourth-order valence-electron chi connectivity index (χ4n) is 2.34. The monoisotopic (exact) mass is 284 g/mol. The SMILES string of the molecule is Cc1ccc(F)c(CNCCCN2CCOCC2)c1F. The molecule has 2 rings (SSSR count). The van der Waals surface area contributed by atoms with E-state index in [1.807, 2.05) is 0 Å². The normalized spacial score (nSPS) is 16.6. The smallest absolute Gasteiger partial charge is 0.133 e. The van der Waals surface area contributed by atoms with Gasteiger partial charge in [0, 0.05) is 25.2 Å². The second kappa shape index (κ2) is 7.67. The predicted molar refractivity (Wildman–Crippen MR) is 74.7 cm³/mol. The van der Waals surface area contributed by atoms with Crippen LogP contribution in [0.5, 0.6) is 0 Å². The fourth-order valence-corrected chi connectivity index (χ4v) is 2.34. The molecule has 1 fully saturated rings. The second-order valence-corrected chi connectivity index (χ2v) is 5.14. The number of benzene rings is 1. The Labute approximate surface area is 118 Å². The van der Waals surface area contributed by atoms with E-state index in [9.17, 15) is 8.78 Å². The third-order valence-corrected chi connectivity index (χ3v) is 3.61. The molecule has 1 N–H and O–H groups in total. The molecule has 0 saturated carbocycles. The van der Waals surface area contributed by atoms with E-state index in [0.717, 1.165) is 45.8 Å². The first-order valence-electron chi connectivity index (χ1n) is 7.13.